The number of carbonyl (C=O) groups excluding carboxylic acids is 2. The van der Waals surface area contributed by atoms with Crippen molar-refractivity contribution in [3.8, 4) is 5.75 Å². The quantitative estimate of drug-likeness (QED) is 0.0735. The zero-order chi connectivity index (χ0) is 28.5. The molecule has 1 atom stereocenters. The number of nitrogens with one attached hydrogen (secondary N) is 3. The number of rotatable bonds is 12. The van der Waals surface area contributed by atoms with E-state index in [4.69, 9.17) is 32.3 Å². The van der Waals surface area contributed by atoms with E-state index in [0.717, 1.165) is 6.07 Å². The number of guanidine groups is 1. The number of sulfonamides is 1. The average Bonchev–Trinajstić information content (AvgIpc) is 2.82. The number of ether oxygens (including phenoxy) is 2. The summed E-state index contributed by atoms with van der Waals surface area (Å²) in [5.74, 6) is -4.48. The number of hydrogen-bond acceptors (Lipinski definition) is 8. The lowest BCUT2D eigenvalue weighted by Gasteiger charge is -2.18. The van der Waals surface area contributed by atoms with Gasteiger partial charge in [-0.05, 0) is 48.7 Å². The topological polar surface area (TPSA) is 170 Å². The lowest BCUT2D eigenvalue weighted by Crippen LogP contribution is -2.45. The second-order valence-electron chi connectivity index (χ2n) is 7.71. The molecule has 0 aromatic heterocycles. The van der Waals surface area contributed by atoms with Crippen LogP contribution in [0.2, 0.25) is 5.02 Å². The number of aryl methyl sites for hydroxylation is 1. The standard InChI is InChI=1S/C22H24ClF3N4O7S/c1-13-3-8-16(12-17(13)23)38(33,34)30-18(19(31)37-20(32)22(24,25)26)11-14-4-6-15(7-5-14)35-9-2-10-36-29-21(27)28/h3-8,12,18,30H,2,9-11H2,1H3,(H4,27,28,29)/t18-/m0/s1. The van der Waals surface area contributed by atoms with Crippen LogP contribution < -0.4 is 20.7 Å². The molecule has 2 rings (SSSR count). The first-order valence-corrected chi connectivity index (χ1v) is 12.6. The Kier molecular flexibility index (Phi) is 10.9. The number of carbonyl (C=O) groups is 2. The molecule has 0 saturated heterocycles. The number of hydrogen-bond donors (Lipinski definition) is 4. The summed E-state index contributed by atoms with van der Waals surface area (Å²) in [6.45, 7) is 2.05. The maximum absolute atomic E-state index is 12.8. The van der Waals surface area contributed by atoms with E-state index in [1.807, 2.05) is 4.72 Å². The largest absolute Gasteiger partial charge is 0.494 e. The average molecular weight is 581 g/mol. The van der Waals surface area contributed by atoms with Crippen LogP contribution in [0.15, 0.2) is 47.4 Å². The molecule has 0 heterocycles. The predicted octanol–water partition coefficient (Wildman–Crippen LogP) is 2.35. The van der Waals surface area contributed by atoms with E-state index in [2.05, 4.69) is 10.2 Å². The van der Waals surface area contributed by atoms with E-state index in [9.17, 15) is 31.2 Å². The van der Waals surface area contributed by atoms with Crippen LogP contribution in [-0.2, 0) is 35.6 Å². The summed E-state index contributed by atoms with van der Waals surface area (Å²) < 4.78 is 74.9. The van der Waals surface area contributed by atoms with Gasteiger partial charge in [-0.2, -0.15) is 17.9 Å². The molecule has 0 aliphatic carbocycles. The molecule has 0 unspecified atom stereocenters. The molecular formula is C22H24ClF3N4O7S. The van der Waals surface area contributed by atoms with Crippen molar-refractivity contribution in [3.05, 3.63) is 58.6 Å². The van der Waals surface area contributed by atoms with Crippen molar-refractivity contribution in [3.63, 3.8) is 0 Å². The molecule has 2 aromatic carbocycles. The Morgan fingerprint density at radius 2 is 1.79 bits per heavy atom. The molecule has 0 saturated carbocycles. The molecule has 0 aliphatic heterocycles. The molecule has 5 N–H and O–H groups in total. The third-order valence-electron chi connectivity index (χ3n) is 4.67. The zero-order valence-electron chi connectivity index (χ0n) is 19.8. The Balaban J connectivity index is 2.14. The molecule has 208 valence electrons. The first-order chi connectivity index (χ1) is 17.7. The number of halogens is 4. The van der Waals surface area contributed by atoms with Crippen LogP contribution in [0, 0.1) is 12.3 Å². The van der Waals surface area contributed by atoms with Crippen molar-refractivity contribution in [2.24, 2.45) is 5.73 Å². The predicted molar refractivity (Wildman–Crippen MR) is 129 cm³/mol. The maximum atomic E-state index is 12.8. The van der Waals surface area contributed by atoms with Crippen LogP contribution in [0.25, 0.3) is 0 Å². The van der Waals surface area contributed by atoms with Gasteiger partial charge in [-0.3, -0.25) is 10.2 Å². The maximum Gasteiger partial charge on any atom is 0.491 e. The fourth-order valence-electron chi connectivity index (χ4n) is 2.80. The van der Waals surface area contributed by atoms with Crippen molar-refractivity contribution in [2.45, 2.75) is 36.9 Å². The number of hydroxylamine groups is 1. The van der Waals surface area contributed by atoms with Gasteiger partial charge >= 0.3 is 18.1 Å². The summed E-state index contributed by atoms with van der Waals surface area (Å²) in [6.07, 6.45) is -5.47. The highest BCUT2D eigenvalue weighted by Gasteiger charge is 2.43. The first-order valence-electron chi connectivity index (χ1n) is 10.7. The fourth-order valence-corrected chi connectivity index (χ4v) is 4.25. The van der Waals surface area contributed by atoms with Crippen LogP contribution in [0.1, 0.15) is 17.5 Å². The molecule has 0 bridgehead atoms. The van der Waals surface area contributed by atoms with E-state index < -0.39 is 40.6 Å². The molecule has 2 aromatic rings. The Bertz CT molecular complexity index is 1260. The fraction of sp³-hybridized carbons (Fsp3) is 0.318. The summed E-state index contributed by atoms with van der Waals surface area (Å²) in [5, 5.41) is 7.05. The van der Waals surface area contributed by atoms with Gasteiger partial charge in [0.2, 0.25) is 16.0 Å². The van der Waals surface area contributed by atoms with Gasteiger partial charge in [0.15, 0.2) is 0 Å². The van der Waals surface area contributed by atoms with Gasteiger partial charge in [0.25, 0.3) is 0 Å². The van der Waals surface area contributed by atoms with Crippen molar-refractivity contribution in [1.82, 2.24) is 10.2 Å². The molecule has 38 heavy (non-hydrogen) atoms. The minimum atomic E-state index is -5.46. The highest BCUT2D eigenvalue weighted by Crippen LogP contribution is 2.22. The number of esters is 2. The van der Waals surface area contributed by atoms with E-state index in [-0.39, 0.29) is 29.1 Å². The summed E-state index contributed by atoms with van der Waals surface area (Å²) in [5.41, 5.74) is 8.11. The second kappa shape index (κ2) is 13.4. The zero-order valence-corrected chi connectivity index (χ0v) is 21.4. The van der Waals surface area contributed by atoms with Gasteiger partial charge < -0.3 is 15.2 Å². The summed E-state index contributed by atoms with van der Waals surface area (Å²) in [4.78, 5) is 28.1. The molecule has 16 heteroatoms. The number of alkyl halides is 3. The number of benzene rings is 2. The molecule has 0 spiro atoms. The van der Waals surface area contributed by atoms with Crippen molar-refractivity contribution in [1.29, 1.82) is 5.41 Å². The molecule has 11 nitrogen and oxygen atoms in total. The van der Waals surface area contributed by atoms with Crippen LogP contribution in [-0.4, -0.2) is 51.7 Å². The Morgan fingerprint density at radius 3 is 2.37 bits per heavy atom. The van der Waals surface area contributed by atoms with E-state index in [1.54, 1.807) is 6.92 Å². The summed E-state index contributed by atoms with van der Waals surface area (Å²) >= 11 is 5.97. The van der Waals surface area contributed by atoms with Gasteiger partial charge in [0, 0.05) is 11.4 Å². The molecule has 0 aliphatic rings. The minimum absolute atomic E-state index is 0.108. The molecule has 0 amide bonds. The van der Waals surface area contributed by atoms with Crippen LogP contribution >= 0.6 is 11.6 Å². The van der Waals surface area contributed by atoms with Gasteiger partial charge in [-0.1, -0.05) is 29.8 Å². The van der Waals surface area contributed by atoms with Crippen molar-refractivity contribution in [2.75, 3.05) is 13.2 Å². The Labute approximate surface area is 220 Å². The molecular weight excluding hydrogens is 557 g/mol. The SMILES string of the molecule is Cc1ccc(S(=O)(=O)N[C@@H](Cc2ccc(OCCCONC(=N)N)cc2)C(=O)OC(=O)C(F)(F)F)cc1Cl. The van der Waals surface area contributed by atoms with E-state index >= 15 is 0 Å². The Hall–Kier alpha value is -3.40. The third kappa shape index (κ3) is 9.81. The minimum Gasteiger partial charge on any atom is -0.494 e. The van der Waals surface area contributed by atoms with E-state index in [0.29, 0.717) is 23.3 Å². The lowest BCUT2D eigenvalue weighted by molar-refractivity contribution is -0.202. The monoisotopic (exact) mass is 580 g/mol. The van der Waals surface area contributed by atoms with Crippen LogP contribution in [0.5, 0.6) is 5.75 Å². The van der Waals surface area contributed by atoms with E-state index in [1.165, 1.54) is 36.4 Å². The molecule has 0 radical (unpaired) electrons. The highest BCUT2D eigenvalue weighted by molar-refractivity contribution is 7.89. The summed E-state index contributed by atoms with van der Waals surface area (Å²) in [7, 11) is -4.46. The summed E-state index contributed by atoms with van der Waals surface area (Å²) in [6, 6.07) is 7.70. The van der Waals surface area contributed by atoms with Gasteiger partial charge in [0.1, 0.15) is 11.8 Å². The number of nitrogens with two attached hydrogens (primary N) is 1. The first kappa shape index (κ1) is 30.8. The van der Waals surface area contributed by atoms with Crippen LogP contribution in [0.3, 0.4) is 0 Å². The second-order valence-corrected chi connectivity index (χ2v) is 9.83. The highest BCUT2D eigenvalue weighted by atomic mass is 35.5. The van der Waals surface area contributed by atoms with Gasteiger partial charge in [-0.15, -0.1) is 0 Å². The van der Waals surface area contributed by atoms with Gasteiger partial charge in [-0.25, -0.2) is 23.5 Å². The normalized spacial score (nSPS) is 12.4. The molecule has 0 fully saturated rings. The Morgan fingerprint density at radius 1 is 1.13 bits per heavy atom. The van der Waals surface area contributed by atoms with Crippen molar-refractivity contribution >= 4 is 39.5 Å². The lowest BCUT2D eigenvalue weighted by atomic mass is 10.1. The van der Waals surface area contributed by atoms with Crippen LogP contribution in [0.4, 0.5) is 13.2 Å². The van der Waals surface area contributed by atoms with Crippen molar-refractivity contribution < 1.29 is 45.5 Å². The smallest absolute Gasteiger partial charge is 0.491 e. The third-order valence-corrected chi connectivity index (χ3v) is 6.54. The van der Waals surface area contributed by atoms with Gasteiger partial charge in [0.05, 0.1) is 18.1 Å².